The van der Waals surface area contributed by atoms with Gasteiger partial charge in [-0.1, -0.05) is 6.92 Å². The first-order chi connectivity index (χ1) is 10.1. The maximum Gasteiger partial charge on any atom is 0.224 e. The van der Waals surface area contributed by atoms with Crippen LogP contribution in [-0.4, -0.2) is 19.6 Å². The van der Waals surface area contributed by atoms with E-state index in [4.69, 9.17) is 10.5 Å². The van der Waals surface area contributed by atoms with Gasteiger partial charge < -0.3 is 15.8 Å². The number of amides is 1. The van der Waals surface area contributed by atoms with Crippen molar-refractivity contribution in [2.45, 2.75) is 13.5 Å². The topological polar surface area (TPSA) is 64.3 Å². The molecule has 3 N–H and O–H groups in total. The van der Waals surface area contributed by atoms with Crippen LogP contribution in [0.1, 0.15) is 11.8 Å². The first kappa shape index (κ1) is 15.5. The SMILES string of the molecule is COc1ccc(-c2ccc(CNC(=O)C(C)CN)s2)cc1. The first-order valence-corrected chi connectivity index (χ1v) is 7.66. The van der Waals surface area contributed by atoms with E-state index < -0.39 is 0 Å². The van der Waals surface area contributed by atoms with E-state index in [1.807, 2.05) is 37.3 Å². The molecule has 1 aromatic heterocycles. The molecule has 0 aliphatic heterocycles. The molecule has 0 aliphatic carbocycles. The zero-order valence-electron chi connectivity index (χ0n) is 12.3. The normalized spacial score (nSPS) is 12.0. The minimum absolute atomic E-state index is 0.00287. The van der Waals surface area contributed by atoms with Crippen LogP contribution in [-0.2, 0) is 11.3 Å². The number of hydrogen-bond donors (Lipinski definition) is 2. The summed E-state index contributed by atoms with van der Waals surface area (Å²) < 4.78 is 5.15. The van der Waals surface area contributed by atoms with Crippen molar-refractivity contribution in [3.05, 3.63) is 41.3 Å². The summed E-state index contributed by atoms with van der Waals surface area (Å²) in [5.74, 6) is 0.696. The molecule has 1 amide bonds. The van der Waals surface area contributed by atoms with Gasteiger partial charge in [-0.3, -0.25) is 4.79 Å². The van der Waals surface area contributed by atoms with Crippen LogP contribution in [0.2, 0.25) is 0 Å². The highest BCUT2D eigenvalue weighted by atomic mass is 32.1. The number of rotatable bonds is 6. The quantitative estimate of drug-likeness (QED) is 0.862. The highest BCUT2D eigenvalue weighted by Crippen LogP contribution is 2.29. The van der Waals surface area contributed by atoms with Gasteiger partial charge in [0.25, 0.3) is 0 Å². The maximum atomic E-state index is 11.7. The molecular weight excluding hydrogens is 284 g/mol. The Labute approximate surface area is 128 Å². The van der Waals surface area contributed by atoms with Crippen LogP contribution in [0, 0.1) is 5.92 Å². The lowest BCUT2D eigenvalue weighted by Crippen LogP contribution is -2.32. The van der Waals surface area contributed by atoms with E-state index in [0.29, 0.717) is 13.1 Å². The predicted octanol–water partition coefficient (Wildman–Crippen LogP) is 2.63. The fraction of sp³-hybridized carbons (Fsp3) is 0.312. The Bertz CT molecular complexity index is 593. The molecule has 5 heteroatoms. The van der Waals surface area contributed by atoms with Crippen LogP contribution in [0.15, 0.2) is 36.4 Å². The van der Waals surface area contributed by atoms with Gasteiger partial charge in [0.1, 0.15) is 5.75 Å². The van der Waals surface area contributed by atoms with Crippen molar-refractivity contribution in [2.24, 2.45) is 11.7 Å². The fourth-order valence-electron chi connectivity index (χ4n) is 1.84. The zero-order chi connectivity index (χ0) is 15.2. The minimum atomic E-state index is -0.147. The van der Waals surface area contributed by atoms with Crippen LogP contribution in [0.25, 0.3) is 10.4 Å². The summed E-state index contributed by atoms with van der Waals surface area (Å²) in [5.41, 5.74) is 6.62. The number of carbonyl (C=O) groups is 1. The number of hydrogen-bond acceptors (Lipinski definition) is 4. The van der Waals surface area contributed by atoms with Gasteiger partial charge in [-0.25, -0.2) is 0 Å². The summed E-state index contributed by atoms with van der Waals surface area (Å²) in [4.78, 5) is 14.0. The van der Waals surface area contributed by atoms with E-state index in [0.717, 1.165) is 16.2 Å². The zero-order valence-corrected chi connectivity index (χ0v) is 13.1. The molecule has 0 bridgehead atoms. The number of thiophene rings is 1. The smallest absolute Gasteiger partial charge is 0.224 e. The van der Waals surface area contributed by atoms with Gasteiger partial charge in [0.2, 0.25) is 5.91 Å². The number of nitrogens with one attached hydrogen (secondary N) is 1. The van der Waals surface area contributed by atoms with E-state index in [1.165, 1.54) is 4.88 Å². The summed E-state index contributed by atoms with van der Waals surface area (Å²) in [6.45, 7) is 2.74. The van der Waals surface area contributed by atoms with Gasteiger partial charge in [0.15, 0.2) is 0 Å². The van der Waals surface area contributed by atoms with E-state index in [1.54, 1.807) is 18.4 Å². The van der Waals surface area contributed by atoms with Gasteiger partial charge in [-0.2, -0.15) is 0 Å². The average molecular weight is 304 g/mol. The molecule has 2 aromatic rings. The third-order valence-electron chi connectivity index (χ3n) is 3.27. The number of nitrogens with two attached hydrogens (primary N) is 1. The Morgan fingerprint density at radius 1 is 1.29 bits per heavy atom. The Morgan fingerprint density at radius 3 is 2.62 bits per heavy atom. The lowest BCUT2D eigenvalue weighted by molar-refractivity contribution is -0.124. The van der Waals surface area contributed by atoms with Crippen LogP contribution in [0.5, 0.6) is 5.75 Å². The second-order valence-electron chi connectivity index (χ2n) is 4.85. The van der Waals surface area contributed by atoms with E-state index in [2.05, 4.69) is 11.4 Å². The maximum absolute atomic E-state index is 11.7. The lowest BCUT2D eigenvalue weighted by Gasteiger charge is -2.08. The predicted molar refractivity (Wildman–Crippen MR) is 86.4 cm³/mol. The van der Waals surface area contributed by atoms with Gasteiger partial charge in [-0.15, -0.1) is 11.3 Å². The highest BCUT2D eigenvalue weighted by molar-refractivity contribution is 7.15. The molecule has 0 aliphatic rings. The fourth-order valence-corrected chi connectivity index (χ4v) is 2.79. The molecule has 2 rings (SSSR count). The summed E-state index contributed by atoms with van der Waals surface area (Å²) in [5, 5.41) is 2.90. The summed E-state index contributed by atoms with van der Waals surface area (Å²) in [7, 11) is 1.66. The number of methoxy groups -OCH3 is 1. The van der Waals surface area contributed by atoms with Crippen molar-refractivity contribution in [1.82, 2.24) is 5.32 Å². The highest BCUT2D eigenvalue weighted by Gasteiger charge is 2.10. The third-order valence-corrected chi connectivity index (χ3v) is 4.41. The second-order valence-corrected chi connectivity index (χ2v) is 6.02. The van der Waals surface area contributed by atoms with Crippen molar-refractivity contribution < 1.29 is 9.53 Å². The number of benzene rings is 1. The van der Waals surface area contributed by atoms with Crippen molar-refractivity contribution >= 4 is 17.2 Å². The standard InChI is InChI=1S/C16H20N2O2S/c1-11(9-17)16(19)18-10-14-7-8-15(21-14)12-3-5-13(20-2)6-4-12/h3-8,11H,9-10,17H2,1-2H3,(H,18,19). The Balaban J connectivity index is 1.99. The molecule has 1 unspecified atom stereocenters. The van der Waals surface area contributed by atoms with Crippen molar-refractivity contribution in [3.63, 3.8) is 0 Å². The molecule has 21 heavy (non-hydrogen) atoms. The first-order valence-electron chi connectivity index (χ1n) is 6.85. The van der Waals surface area contributed by atoms with E-state index in [9.17, 15) is 4.79 Å². The molecular formula is C16H20N2O2S. The van der Waals surface area contributed by atoms with E-state index >= 15 is 0 Å². The molecule has 0 saturated carbocycles. The molecule has 0 fully saturated rings. The summed E-state index contributed by atoms with van der Waals surface area (Å²) in [6, 6.07) is 12.1. The minimum Gasteiger partial charge on any atom is -0.497 e. The summed E-state index contributed by atoms with van der Waals surface area (Å²) in [6.07, 6.45) is 0. The summed E-state index contributed by atoms with van der Waals surface area (Å²) >= 11 is 1.67. The average Bonchev–Trinajstić information content (AvgIpc) is 3.00. The molecule has 1 aromatic carbocycles. The Hall–Kier alpha value is -1.85. The van der Waals surface area contributed by atoms with Gasteiger partial charge >= 0.3 is 0 Å². The van der Waals surface area contributed by atoms with Crippen LogP contribution in [0.3, 0.4) is 0 Å². The van der Waals surface area contributed by atoms with Gasteiger partial charge in [0.05, 0.1) is 13.7 Å². The second kappa shape index (κ2) is 7.24. The van der Waals surface area contributed by atoms with Crippen molar-refractivity contribution in [3.8, 4) is 16.2 Å². The van der Waals surface area contributed by atoms with Crippen molar-refractivity contribution in [2.75, 3.05) is 13.7 Å². The Kier molecular flexibility index (Phi) is 5.36. The molecule has 4 nitrogen and oxygen atoms in total. The molecule has 0 spiro atoms. The van der Waals surface area contributed by atoms with Crippen molar-refractivity contribution in [1.29, 1.82) is 0 Å². The molecule has 112 valence electrons. The molecule has 0 radical (unpaired) electrons. The van der Waals surface area contributed by atoms with Crippen LogP contribution in [0.4, 0.5) is 0 Å². The monoisotopic (exact) mass is 304 g/mol. The number of ether oxygens (including phenoxy) is 1. The van der Waals surface area contributed by atoms with Crippen LogP contribution < -0.4 is 15.8 Å². The molecule has 1 heterocycles. The Morgan fingerprint density at radius 2 is 2.00 bits per heavy atom. The van der Waals surface area contributed by atoms with Crippen LogP contribution >= 0.6 is 11.3 Å². The molecule has 0 saturated heterocycles. The van der Waals surface area contributed by atoms with E-state index in [-0.39, 0.29) is 11.8 Å². The van der Waals surface area contributed by atoms with Gasteiger partial charge in [-0.05, 0) is 42.0 Å². The molecule has 1 atom stereocenters. The van der Waals surface area contributed by atoms with Gasteiger partial charge in [0, 0.05) is 22.2 Å². The number of carbonyl (C=O) groups excluding carboxylic acids is 1. The third kappa shape index (κ3) is 4.06. The largest absolute Gasteiger partial charge is 0.497 e. The lowest BCUT2D eigenvalue weighted by atomic mass is 10.1.